The van der Waals surface area contributed by atoms with Gasteiger partial charge in [0.1, 0.15) is 29.8 Å². The SMILES string of the molecule is COc1cc(C)ccc1COc1nccc(-c2cc(F)c(Cc3nc4ccc(C(=O)O)cc4n3CC3(CF)CC3)cc2F)n1. The summed E-state index contributed by atoms with van der Waals surface area (Å²) in [4.78, 5) is 24.6. The lowest BCUT2D eigenvalue weighted by Crippen LogP contribution is -2.16. The zero-order valence-corrected chi connectivity index (χ0v) is 24.1. The summed E-state index contributed by atoms with van der Waals surface area (Å²) in [6, 6.07) is 13.8. The second kappa shape index (κ2) is 11.6. The molecule has 0 aliphatic heterocycles. The van der Waals surface area contributed by atoms with Crippen LogP contribution in [0, 0.1) is 24.0 Å². The average Bonchev–Trinajstić information content (AvgIpc) is 3.72. The van der Waals surface area contributed by atoms with E-state index in [2.05, 4.69) is 15.0 Å². The summed E-state index contributed by atoms with van der Waals surface area (Å²) >= 11 is 0. The molecular formula is C33H29F3N4O4. The number of hydrogen-bond acceptors (Lipinski definition) is 6. The van der Waals surface area contributed by atoms with Crippen LogP contribution in [-0.2, 0) is 19.6 Å². The molecule has 0 saturated heterocycles. The molecule has 5 aromatic rings. The van der Waals surface area contributed by atoms with E-state index in [0.29, 0.717) is 35.4 Å². The number of fused-ring (bicyclic) bond motifs is 1. The molecule has 44 heavy (non-hydrogen) atoms. The largest absolute Gasteiger partial charge is 0.496 e. The molecule has 0 bridgehead atoms. The number of rotatable bonds is 11. The highest BCUT2D eigenvalue weighted by Gasteiger charge is 2.44. The number of aryl methyl sites for hydroxylation is 1. The van der Waals surface area contributed by atoms with Crippen molar-refractivity contribution in [1.29, 1.82) is 0 Å². The zero-order chi connectivity index (χ0) is 31.0. The molecular weight excluding hydrogens is 573 g/mol. The highest BCUT2D eigenvalue weighted by molar-refractivity contribution is 5.92. The molecule has 11 heteroatoms. The Morgan fingerprint density at radius 2 is 1.84 bits per heavy atom. The number of aromatic carboxylic acids is 1. The maximum Gasteiger partial charge on any atom is 0.335 e. The van der Waals surface area contributed by atoms with E-state index in [1.807, 2.05) is 25.1 Å². The Morgan fingerprint density at radius 1 is 1.02 bits per heavy atom. The van der Waals surface area contributed by atoms with E-state index >= 15 is 8.78 Å². The molecule has 0 spiro atoms. The highest BCUT2D eigenvalue weighted by Crippen LogP contribution is 2.48. The molecule has 3 aromatic carbocycles. The summed E-state index contributed by atoms with van der Waals surface area (Å²) in [5.41, 5.74) is 2.42. The number of imidazole rings is 1. The minimum absolute atomic E-state index is 0.00896. The Morgan fingerprint density at radius 3 is 2.57 bits per heavy atom. The number of nitrogens with zero attached hydrogens (tertiary/aromatic N) is 4. The maximum absolute atomic E-state index is 15.5. The molecule has 1 saturated carbocycles. The monoisotopic (exact) mass is 602 g/mol. The first-order valence-electron chi connectivity index (χ1n) is 14.0. The van der Waals surface area contributed by atoms with Crippen molar-refractivity contribution in [2.75, 3.05) is 13.8 Å². The van der Waals surface area contributed by atoms with Gasteiger partial charge in [-0.3, -0.25) is 4.39 Å². The van der Waals surface area contributed by atoms with Gasteiger partial charge in [-0.2, -0.15) is 4.98 Å². The van der Waals surface area contributed by atoms with Crippen LogP contribution in [0.3, 0.4) is 0 Å². The van der Waals surface area contributed by atoms with Gasteiger partial charge in [0, 0.05) is 35.7 Å². The van der Waals surface area contributed by atoms with E-state index in [1.54, 1.807) is 17.7 Å². The van der Waals surface area contributed by atoms with Crippen molar-refractivity contribution in [3.05, 3.63) is 101 Å². The number of carboxylic acids is 1. The summed E-state index contributed by atoms with van der Waals surface area (Å²) in [6.07, 6.45) is 2.69. The first kappa shape index (κ1) is 29.2. The number of hydrogen-bond donors (Lipinski definition) is 1. The first-order chi connectivity index (χ1) is 21.2. The van der Waals surface area contributed by atoms with E-state index in [4.69, 9.17) is 9.47 Å². The van der Waals surface area contributed by atoms with Gasteiger partial charge in [0.25, 0.3) is 0 Å². The fourth-order valence-corrected chi connectivity index (χ4v) is 5.23. The van der Waals surface area contributed by atoms with Gasteiger partial charge < -0.3 is 19.1 Å². The van der Waals surface area contributed by atoms with Crippen molar-refractivity contribution in [3.8, 4) is 23.0 Å². The Bertz CT molecular complexity index is 1890. The Kier molecular flexibility index (Phi) is 7.71. The summed E-state index contributed by atoms with van der Waals surface area (Å²) < 4.78 is 57.8. The number of carboxylic acid groups (broad SMARTS) is 1. The van der Waals surface area contributed by atoms with Crippen LogP contribution in [0.4, 0.5) is 13.2 Å². The van der Waals surface area contributed by atoms with Gasteiger partial charge in [0.05, 0.1) is 36.1 Å². The van der Waals surface area contributed by atoms with Crippen LogP contribution >= 0.6 is 0 Å². The van der Waals surface area contributed by atoms with E-state index in [9.17, 15) is 14.3 Å². The maximum atomic E-state index is 15.5. The normalized spacial score (nSPS) is 13.7. The summed E-state index contributed by atoms with van der Waals surface area (Å²) in [5, 5.41) is 9.48. The van der Waals surface area contributed by atoms with Crippen LogP contribution in [0.15, 0.2) is 60.8 Å². The van der Waals surface area contributed by atoms with Gasteiger partial charge in [-0.25, -0.2) is 23.5 Å². The van der Waals surface area contributed by atoms with Crippen molar-refractivity contribution in [2.45, 2.75) is 39.3 Å². The standard InChI is InChI=1S/C33H29F3N4O4/c1-19-3-4-21(29(11-19)43-2)16-44-32-37-10-7-26(39-32)23-15-24(35)22(12-25(23)36)14-30-38-27-6-5-20(31(41)42)13-28(27)40(30)18-33(17-34)8-9-33/h3-7,10-13,15H,8-9,14,16-18H2,1-2H3,(H,41,42). The summed E-state index contributed by atoms with van der Waals surface area (Å²) in [5.74, 6) is -1.45. The molecule has 0 unspecified atom stereocenters. The molecule has 1 aliphatic rings. The Hall–Kier alpha value is -4.93. The number of benzene rings is 3. The second-order valence-electron chi connectivity index (χ2n) is 11.2. The quantitative estimate of drug-likeness (QED) is 0.180. The number of ether oxygens (including phenoxy) is 2. The van der Waals surface area contributed by atoms with Crippen LogP contribution < -0.4 is 9.47 Å². The van der Waals surface area contributed by atoms with Crippen LogP contribution in [0.1, 0.15) is 45.7 Å². The number of alkyl halides is 1. The average molecular weight is 603 g/mol. The third-order valence-corrected chi connectivity index (χ3v) is 8.00. The van der Waals surface area contributed by atoms with Gasteiger partial charge in [-0.1, -0.05) is 12.1 Å². The molecule has 2 aromatic heterocycles. The molecule has 1 fully saturated rings. The lowest BCUT2D eigenvalue weighted by Gasteiger charge is -2.16. The van der Waals surface area contributed by atoms with Gasteiger partial charge in [0.15, 0.2) is 0 Å². The molecule has 226 valence electrons. The Labute approximate surface area is 251 Å². The summed E-state index contributed by atoms with van der Waals surface area (Å²) in [7, 11) is 1.56. The predicted octanol–water partition coefficient (Wildman–Crippen LogP) is 6.71. The first-order valence-corrected chi connectivity index (χ1v) is 14.0. The molecule has 0 radical (unpaired) electrons. The van der Waals surface area contributed by atoms with E-state index in [1.165, 1.54) is 24.4 Å². The van der Waals surface area contributed by atoms with E-state index < -0.39 is 29.7 Å². The lowest BCUT2D eigenvalue weighted by molar-refractivity contribution is 0.0697. The molecule has 2 heterocycles. The molecule has 6 rings (SSSR count). The third-order valence-electron chi connectivity index (χ3n) is 8.00. The lowest BCUT2D eigenvalue weighted by atomic mass is 10.0. The predicted molar refractivity (Wildman–Crippen MR) is 157 cm³/mol. The van der Waals surface area contributed by atoms with Gasteiger partial charge in [0.2, 0.25) is 0 Å². The van der Waals surface area contributed by atoms with Gasteiger partial charge in [-0.15, -0.1) is 0 Å². The number of methoxy groups -OCH3 is 1. The zero-order valence-electron chi connectivity index (χ0n) is 24.1. The Balaban J connectivity index is 1.28. The highest BCUT2D eigenvalue weighted by atomic mass is 19.1. The van der Waals surface area contributed by atoms with Crippen molar-refractivity contribution in [3.63, 3.8) is 0 Å². The van der Waals surface area contributed by atoms with Gasteiger partial charge >= 0.3 is 12.0 Å². The minimum Gasteiger partial charge on any atom is -0.496 e. The van der Waals surface area contributed by atoms with Gasteiger partial charge in [-0.05, 0) is 73.4 Å². The van der Waals surface area contributed by atoms with Crippen molar-refractivity contribution >= 4 is 17.0 Å². The van der Waals surface area contributed by atoms with Crippen molar-refractivity contribution in [2.24, 2.45) is 5.41 Å². The van der Waals surface area contributed by atoms with Crippen molar-refractivity contribution < 1.29 is 32.5 Å². The fraction of sp³-hybridized carbons (Fsp3) is 0.273. The summed E-state index contributed by atoms with van der Waals surface area (Å²) in [6.45, 7) is 1.79. The topological polar surface area (TPSA) is 99.4 Å². The van der Waals surface area contributed by atoms with Crippen LogP contribution in [-0.4, -0.2) is 44.4 Å². The van der Waals surface area contributed by atoms with Crippen LogP contribution in [0.25, 0.3) is 22.3 Å². The number of halogens is 3. The molecule has 0 atom stereocenters. The number of aromatic nitrogens is 4. The van der Waals surface area contributed by atoms with Crippen molar-refractivity contribution in [1.82, 2.24) is 19.5 Å². The third kappa shape index (κ3) is 5.82. The minimum atomic E-state index is -1.11. The fourth-order valence-electron chi connectivity index (χ4n) is 5.23. The number of carbonyl (C=O) groups is 1. The second-order valence-corrected chi connectivity index (χ2v) is 11.2. The van der Waals surface area contributed by atoms with Crippen LogP contribution in [0.5, 0.6) is 11.8 Å². The van der Waals surface area contributed by atoms with E-state index in [-0.39, 0.29) is 48.0 Å². The molecule has 8 nitrogen and oxygen atoms in total. The molecule has 0 amide bonds. The van der Waals surface area contributed by atoms with Crippen LogP contribution in [0.2, 0.25) is 0 Å². The smallest absolute Gasteiger partial charge is 0.335 e. The van der Waals surface area contributed by atoms with E-state index in [0.717, 1.165) is 23.3 Å². The molecule has 1 N–H and O–H groups in total. The molecule has 1 aliphatic carbocycles.